The summed E-state index contributed by atoms with van der Waals surface area (Å²) < 4.78 is 10.9. The van der Waals surface area contributed by atoms with Crippen molar-refractivity contribution in [2.75, 3.05) is 12.0 Å². The van der Waals surface area contributed by atoms with Crippen LogP contribution in [-0.4, -0.2) is 19.0 Å². The van der Waals surface area contributed by atoms with Gasteiger partial charge in [-0.15, -0.1) is 0 Å². The Balaban J connectivity index is 1.97. The van der Waals surface area contributed by atoms with Crippen molar-refractivity contribution in [2.24, 2.45) is 0 Å². The van der Waals surface area contributed by atoms with E-state index in [0.717, 1.165) is 0 Å². The van der Waals surface area contributed by atoms with E-state index in [9.17, 15) is 9.59 Å². The maximum Gasteiger partial charge on any atom is 0.338 e. The van der Waals surface area contributed by atoms with Crippen LogP contribution in [0.4, 0.5) is 5.69 Å². The van der Waals surface area contributed by atoms with Crippen LogP contribution in [0.5, 0.6) is 11.5 Å². The summed E-state index contributed by atoms with van der Waals surface area (Å²) in [7, 11) is 1.34. The number of para-hydroxylation sites is 3. The number of nitrogens with zero attached hydrogens (tertiary/aromatic N) is 1. The number of benzene rings is 3. The third kappa shape index (κ3) is 4.38. The highest BCUT2D eigenvalue weighted by molar-refractivity contribution is 5.95. The molecule has 0 saturated heterocycles. The van der Waals surface area contributed by atoms with E-state index in [1.54, 1.807) is 17.0 Å². The lowest BCUT2D eigenvalue weighted by molar-refractivity contribution is -0.116. The molecule has 0 saturated carbocycles. The van der Waals surface area contributed by atoms with Crippen molar-refractivity contribution >= 4 is 17.6 Å². The number of ether oxygens (including phenoxy) is 2. The van der Waals surface area contributed by atoms with E-state index in [0.29, 0.717) is 28.3 Å². The van der Waals surface area contributed by atoms with Gasteiger partial charge in [0.1, 0.15) is 5.75 Å². The van der Waals surface area contributed by atoms with Gasteiger partial charge in [0.2, 0.25) is 5.91 Å². The first-order valence-electron chi connectivity index (χ1n) is 8.86. The number of esters is 1. The summed E-state index contributed by atoms with van der Waals surface area (Å²) in [6.07, 6.45) is 0. The van der Waals surface area contributed by atoms with Crippen molar-refractivity contribution in [2.45, 2.75) is 13.5 Å². The summed E-state index contributed by atoms with van der Waals surface area (Å²) >= 11 is 0. The van der Waals surface area contributed by atoms with Crippen molar-refractivity contribution in [3.63, 3.8) is 0 Å². The minimum absolute atomic E-state index is 0.163. The molecule has 5 nitrogen and oxygen atoms in total. The molecule has 0 aliphatic heterocycles. The van der Waals surface area contributed by atoms with E-state index in [4.69, 9.17) is 9.47 Å². The van der Waals surface area contributed by atoms with Crippen LogP contribution in [-0.2, 0) is 16.1 Å². The van der Waals surface area contributed by atoms with Crippen LogP contribution in [0.1, 0.15) is 22.8 Å². The Kier molecular flexibility index (Phi) is 6.07. The molecule has 3 aromatic rings. The summed E-state index contributed by atoms with van der Waals surface area (Å²) in [5.74, 6) is 0.629. The van der Waals surface area contributed by atoms with Crippen LogP contribution in [0.25, 0.3) is 0 Å². The second kappa shape index (κ2) is 8.86. The van der Waals surface area contributed by atoms with E-state index in [2.05, 4.69) is 0 Å². The van der Waals surface area contributed by atoms with E-state index in [-0.39, 0.29) is 12.5 Å². The number of carbonyl (C=O) groups excluding carboxylic acids is 2. The molecule has 0 atom stereocenters. The van der Waals surface area contributed by atoms with Crippen LogP contribution >= 0.6 is 0 Å². The zero-order valence-corrected chi connectivity index (χ0v) is 15.8. The van der Waals surface area contributed by atoms with Crippen molar-refractivity contribution < 1.29 is 19.1 Å². The third-order valence-electron chi connectivity index (χ3n) is 4.26. The van der Waals surface area contributed by atoms with E-state index >= 15 is 0 Å². The van der Waals surface area contributed by atoms with Crippen molar-refractivity contribution in [1.82, 2.24) is 0 Å². The predicted molar refractivity (Wildman–Crippen MR) is 108 cm³/mol. The molecule has 0 N–H and O–H groups in total. The number of rotatable bonds is 6. The molecule has 3 rings (SSSR count). The van der Waals surface area contributed by atoms with Crippen molar-refractivity contribution in [3.8, 4) is 11.5 Å². The van der Waals surface area contributed by atoms with Crippen LogP contribution in [0.2, 0.25) is 0 Å². The summed E-state index contributed by atoms with van der Waals surface area (Å²) in [4.78, 5) is 26.1. The normalized spacial score (nSPS) is 10.2. The van der Waals surface area contributed by atoms with Gasteiger partial charge in [0.25, 0.3) is 0 Å². The van der Waals surface area contributed by atoms with Crippen molar-refractivity contribution in [1.29, 1.82) is 0 Å². The maximum atomic E-state index is 12.5. The highest BCUT2D eigenvalue weighted by atomic mass is 16.5. The first-order chi connectivity index (χ1) is 13.6. The molecular formula is C23H21NO4. The number of carbonyl (C=O) groups is 2. The molecule has 28 heavy (non-hydrogen) atoms. The molecule has 142 valence electrons. The Morgan fingerprint density at radius 2 is 1.50 bits per heavy atom. The summed E-state index contributed by atoms with van der Waals surface area (Å²) in [6.45, 7) is 1.70. The van der Waals surface area contributed by atoms with Gasteiger partial charge in [-0.2, -0.15) is 0 Å². The summed E-state index contributed by atoms with van der Waals surface area (Å²) in [6, 6.07) is 23.8. The quantitative estimate of drug-likeness (QED) is 0.581. The number of anilines is 1. The van der Waals surface area contributed by atoms with E-state index in [1.165, 1.54) is 14.0 Å². The lowest BCUT2D eigenvalue weighted by Crippen LogP contribution is -2.29. The average molecular weight is 374 g/mol. The number of hydrogen-bond acceptors (Lipinski definition) is 4. The number of methoxy groups -OCH3 is 1. The standard InChI is InChI=1S/C23H21NO4/c1-17(25)24(16-18-10-6-7-13-20(18)23(26)27-2)21-14-8-9-15-22(21)28-19-11-4-3-5-12-19/h3-15H,16H2,1-2H3/i2-1. The first kappa shape index (κ1) is 19.2. The molecule has 0 unspecified atom stereocenters. The summed E-state index contributed by atoms with van der Waals surface area (Å²) in [5, 5.41) is 0. The largest absolute Gasteiger partial charge is 0.465 e. The molecule has 0 fully saturated rings. The molecule has 3 aromatic carbocycles. The molecule has 0 spiro atoms. The fourth-order valence-electron chi connectivity index (χ4n) is 2.89. The van der Waals surface area contributed by atoms with Gasteiger partial charge < -0.3 is 14.4 Å². The van der Waals surface area contributed by atoms with E-state index < -0.39 is 5.97 Å². The number of amides is 1. The van der Waals surface area contributed by atoms with Gasteiger partial charge in [-0.25, -0.2) is 4.79 Å². The highest BCUT2D eigenvalue weighted by Gasteiger charge is 2.20. The lowest BCUT2D eigenvalue weighted by Gasteiger charge is -2.24. The molecule has 1 amide bonds. The van der Waals surface area contributed by atoms with Crippen LogP contribution in [0.15, 0.2) is 78.9 Å². The second-order valence-electron chi connectivity index (χ2n) is 6.14. The van der Waals surface area contributed by atoms with Crippen molar-refractivity contribution in [3.05, 3.63) is 90.0 Å². The second-order valence-corrected chi connectivity index (χ2v) is 6.14. The highest BCUT2D eigenvalue weighted by Crippen LogP contribution is 2.33. The predicted octanol–water partition coefficient (Wildman–Crippen LogP) is 4.82. The van der Waals surface area contributed by atoms with Gasteiger partial charge in [-0.3, -0.25) is 4.79 Å². The molecule has 0 bridgehead atoms. The van der Waals surface area contributed by atoms with Gasteiger partial charge in [0, 0.05) is 6.92 Å². The Hall–Kier alpha value is -3.60. The van der Waals surface area contributed by atoms with Crippen LogP contribution in [0.3, 0.4) is 0 Å². The number of hydrogen-bond donors (Lipinski definition) is 0. The molecule has 0 aromatic heterocycles. The van der Waals surface area contributed by atoms with E-state index in [1.807, 2.05) is 66.7 Å². The monoisotopic (exact) mass is 374 g/mol. The molecule has 0 aliphatic rings. The smallest absolute Gasteiger partial charge is 0.338 e. The topological polar surface area (TPSA) is 55.8 Å². The van der Waals surface area contributed by atoms with Crippen LogP contribution < -0.4 is 9.64 Å². The fraction of sp³-hybridized carbons (Fsp3) is 0.130. The molecule has 0 heterocycles. The minimum Gasteiger partial charge on any atom is -0.465 e. The third-order valence-corrected chi connectivity index (χ3v) is 4.26. The van der Waals surface area contributed by atoms with Gasteiger partial charge in [0.15, 0.2) is 5.75 Å². The molecular weight excluding hydrogens is 353 g/mol. The van der Waals surface area contributed by atoms with Gasteiger partial charge in [-0.05, 0) is 35.9 Å². The molecule has 0 radical (unpaired) electrons. The first-order valence-corrected chi connectivity index (χ1v) is 8.86. The Bertz CT molecular complexity index is 969. The molecule has 0 aliphatic carbocycles. The van der Waals surface area contributed by atoms with Gasteiger partial charge in [0.05, 0.1) is 24.9 Å². The lowest BCUT2D eigenvalue weighted by atomic mass is 10.1. The zero-order valence-electron chi connectivity index (χ0n) is 15.8. The zero-order chi connectivity index (χ0) is 19.9. The maximum absolute atomic E-state index is 12.5. The summed E-state index contributed by atoms with van der Waals surface area (Å²) in [5.41, 5.74) is 1.75. The Morgan fingerprint density at radius 1 is 0.857 bits per heavy atom. The Labute approximate surface area is 164 Å². The fourth-order valence-corrected chi connectivity index (χ4v) is 2.89. The van der Waals surface area contributed by atoms with Gasteiger partial charge in [-0.1, -0.05) is 48.5 Å². The molecule has 5 heteroatoms. The van der Waals surface area contributed by atoms with Gasteiger partial charge >= 0.3 is 5.97 Å². The Morgan fingerprint density at radius 3 is 2.21 bits per heavy atom. The average Bonchev–Trinajstić information content (AvgIpc) is 2.73. The SMILES string of the molecule is CC(=O)N(Cc1ccccc1C(=O)O[11CH3])c1ccccc1Oc1ccccc1. The van der Waals surface area contributed by atoms with Crippen LogP contribution in [0, 0.1) is 0 Å². The minimum atomic E-state index is -0.437.